The van der Waals surface area contributed by atoms with Crippen molar-refractivity contribution in [2.24, 2.45) is 0 Å². The Hall–Kier alpha value is -3.60. The lowest BCUT2D eigenvalue weighted by atomic mass is 9.93. The summed E-state index contributed by atoms with van der Waals surface area (Å²) in [5, 5.41) is 12.5. The quantitative estimate of drug-likeness (QED) is 0.307. The summed E-state index contributed by atoms with van der Waals surface area (Å²) in [5.41, 5.74) is 1.61. The second kappa shape index (κ2) is 7.80. The van der Waals surface area contributed by atoms with Gasteiger partial charge in [0.25, 0.3) is 0 Å². The summed E-state index contributed by atoms with van der Waals surface area (Å²) in [6.07, 6.45) is 2.05. The predicted molar refractivity (Wildman–Crippen MR) is 111 cm³/mol. The highest BCUT2D eigenvalue weighted by molar-refractivity contribution is 6.10. The lowest BCUT2D eigenvalue weighted by Gasteiger charge is -2.14. The van der Waals surface area contributed by atoms with Crippen molar-refractivity contribution < 1.29 is 19.1 Å². The van der Waals surface area contributed by atoms with Crippen molar-refractivity contribution in [1.82, 2.24) is 0 Å². The average molecular weight is 388 g/mol. The zero-order valence-electron chi connectivity index (χ0n) is 16.0. The molecule has 29 heavy (non-hydrogen) atoms. The number of benzene rings is 3. The number of carbonyl (C=O) groups excluding carboxylic acids is 1. The maximum atomic E-state index is 12.6. The number of fused-ring (bicyclic) bond motifs is 3. The van der Waals surface area contributed by atoms with Gasteiger partial charge in [-0.05, 0) is 37.0 Å². The SMILES string of the molecule is COC(=O)c1cc2c(=O)oc3ccccc3c2c(CCCc2ccccc2)c1O. The molecule has 0 atom stereocenters. The highest BCUT2D eigenvalue weighted by Gasteiger charge is 2.22. The van der Waals surface area contributed by atoms with E-state index in [0.717, 1.165) is 18.2 Å². The number of phenols is 1. The molecule has 0 bridgehead atoms. The summed E-state index contributed by atoms with van der Waals surface area (Å²) in [6, 6.07) is 18.6. The second-order valence-corrected chi connectivity index (χ2v) is 6.89. The molecule has 0 aliphatic heterocycles. The molecule has 0 aliphatic rings. The number of methoxy groups -OCH3 is 1. The smallest absolute Gasteiger partial charge is 0.344 e. The van der Waals surface area contributed by atoms with Crippen molar-refractivity contribution in [3.05, 3.63) is 87.8 Å². The third kappa shape index (κ3) is 3.47. The Morgan fingerprint density at radius 2 is 1.72 bits per heavy atom. The van der Waals surface area contributed by atoms with Crippen LogP contribution in [0.1, 0.15) is 27.9 Å². The van der Waals surface area contributed by atoms with E-state index in [1.54, 1.807) is 12.1 Å². The van der Waals surface area contributed by atoms with Crippen LogP contribution in [0, 0.1) is 0 Å². The van der Waals surface area contributed by atoms with E-state index in [4.69, 9.17) is 9.15 Å². The fourth-order valence-corrected chi connectivity index (χ4v) is 3.74. The Bertz CT molecular complexity index is 1260. The summed E-state index contributed by atoms with van der Waals surface area (Å²) in [5.74, 6) is -0.838. The number of carbonyl (C=O) groups is 1. The molecule has 0 unspecified atom stereocenters. The van der Waals surface area contributed by atoms with Crippen LogP contribution in [0.2, 0.25) is 0 Å². The molecule has 0 aliphatic carbocycles. The number of rotatable bonds is 5. The van der Waals surface area contributed by atoms with Crippen molar-refractivity contribution in [2.45, 2.75) is 19.3 Å². The second-order valence-electron chi connectivity index (χ2n) is 6.89. The minimum absolute atomic E-state index is 0.0303. The molecule has 4 rings (SSSR count). The topological polar surface area (TPSA) is 76.7 Å². The molecule has 0 fully saturated rings. The van der Waals surface area contributed by atoms with E-state index >= 15 is 0 Å². The lowest BCUT2D eigenvalue weighted by Crippen LogP contribution is -2.08. The van der Waals surface area contributed by atoms with E-state index in [1.165, 1.54) is 18.7 Å². The number of hydrogen-bond donors (Lipinski definition) is 1. The van der Waals surface area contributed by atoms with Crippen molar-refractivity contribution in [3.8, 4) is 5.75 Å². The van der Waals surface area contributed by atoms with Crippen LogP contribution in [-0.2, 0) is 17.6 Å². The molecule has 1 aromatic heterocycles. The van der Waals surface area contributed by atoms with Crippen molar-refractivity contribution in [3.63, 3.8) is 0 Å². The van der Waals surface area contributed by atoms with Crippen molar-refractivity contribution in [1.29, 1.82) is 0 Å². The first-order chi connectivity index (χ1) is 14.1. The highest BCUT2D eigenvalue weighted by atomic mass is 16.5. The van der Waals surface area contributed by atoms with Gasteiger partial charge in [0.15, 0.2) is 0 Å². The summed E-state index contributed by atoms with van der Waals surface area (Å²) in [4.78, 5) is 24.8. The Morgan fingerprint density at radius 1 is 1.00 bits per heavy atom. The monoisotopic (exact) mass is 388 g/mol. The number of para-hydroxylation sites is 1. The van der Waals surface area contributed by atoms with Crippen LogP contribution in [0.25, 0.3) is 21.7 Å². The first-order valence-corrected chi connectivity index (χ1v) is 9.42. The van der Waals surface area contributed by atoms with Crippen molar-refractivity contribution in [2.75, 3.05) is 7.11 Å². The number of phenolic OH excluding ortho intramolecular Hbond substituents is 1. The minimum atomic E-state index is -0.693. The standard InChI is InChI=1S/C24H20O5/c1-28-23(26)19-14-18-21(16-11-5-6-13-20(16)29-24(18)27)17(22(19)25)12-7-10-15-8-3-2-4-9-15/h2-6,8-9,11,13-14,25H,7,10,12H2,1H3. The van der Waals surface area contributed by atoms with Gasteiger partial charge in [-0.1, -0.05) is 48.5 Å². The van der Waals surface area contributed by atoms with Gasteiger partial charge < -0.3 is 14.3 Å². The number of ether oxygens (including phenoxy) is 1. The van der Waals surface area contributed by atoms with Gasteiger partial charge in [-0.2, -0.15) is 0 Å². The minimum Gasteiger partial charge on any atom is -0.507 e. The number of aryl methyl sites for hydroxylation is 2. The summed E-state index contributed by atoms with van der Waals surface area (Å²) < 4.78 is 10.2. The molecule has 1 N–H and O–H groups in total. The molecule has 3 aromatic carbocycles. The van der Waals surface area contributed by atoms with Crippen LogP contribution >= 0.6 is 0 Å². The van der Waals surface area contributed by atoms with E-state index in [9.17, 15) is 14.7 Å². The Kier molecular flexibility index (Phi) is 5.04. The summed E-state index contributed by atoms with van der Waals surface area (Å²) in [6.45, 7) is 0. The van der Waals surface area contributed by atoms with E-state index < -0.39 is 11.6 Å². The summed E-state index contributed by atoms with van der Waals surface area (Å²) >= 11 is 0. The molecule has 1 heterocycles. The average Bonchev–Trinajstić information content (AvgIpc) is 2.75. The molecule has 4 aromatic rings. The molecule has 0 saturated carbocycles. The van der Waals surface area contributed by atoms with Gasteiger partial charge in [-0.15, -0.1) is 0 Å². The molecule has 5 nitrogen and oxygen atoms in total. The zero-order chi connectivity index (χ0) is 20.4. The lowest BCUT2D eigenvalue weighted by molar-refractivity contribution is 0.0597. The molecule has 146 valence electrons. The molecular weight excluding hydrogens is 368 g/mol. The number of aromatic hydroxyl groups is 1. The van der Waals surface area contributed by atoms with Gasteiger partial charge in [0.1, 0.15) is 16.9 Å². The highest BCUT2D eigenvalue weighted by Crippen LogP contribution is 2.35. The molecular formula is C24H20O5. The van der Waals surface area contributed by atoms with Crippen LogP contribution in [0.15, 0.2) is 69.9 Å². The maximum Gasteiger partial charge on any atom is 0.344 e. The number of esters is 1. The largest absolute Gasteiger partial charge is 0.507 e. The molecule has 0 amide bonds. The van der Waals surface area contributed by atoms with Gasteiger partial charge in [0.05, 0.1) is 12.5 Å². The van der Waals surface area contributed by atoms with E-state index in [1.807, 2.05) is 42.5 Å². The van der Waals surface area contributed by atoms with Crippen molar-refractivity contribution >= 4 is 27.7 Å². The number of hydrogen-bond acceptors (Lipinski definition) is 5. The fraction of sp³-hybridized carbons (Fsp3) is 0.167. The zero-order valence-corrected chi connectivity index (χ0v) is 16.0. The van der Waals surface area contributed by atoms with Gasteiger partial charge in [-0.25, -0.2) is 9.59 Å². The first-order valence-electron chi connectivity index (χ1n) is 9.42. The van der Waals surface area contributed by atoms with Crippen LogP contribution < -0.4 is 5.63 Å². The third-order valence-corrected chi connectivity index (χ3v) is 5.12. The molecule has 0 spiro atoms. The maximum absolute atomic E-state index is 12.6. The normalized spacial score (nSPS) is 11.1. The summed E-state index contributed by atoms with van der Waals surface area (Å²) in [7, 11) is 1.24. The van der Waals surface area contributed by atoms with Crippen LogP contribution in [0.4, 0.5) is 0 Å². The Balaban J connectivity index is 1.90. The Morgan fingerprint density at radius 3 is 2.48 bits per heavy atom. The predicted octanol–water partition coefficient (Wildman–Crippen LogP) is 4.61. The Labute approximate surface area is 167 Å². The van der Waals surface area contributed by atoms with Gasteiger partial charge in [-0.3, -0.25) is 0 Å². The van der Waals surface area contributed by atoms with E-state index in [0.29, 0.717) is 23.0 Å². The third-order valence-electron chi connectivity index (χ3n) is 5.12. The molecule has 0 saturated heterocycles. The van der Waals surface area contributed by atoms with Gasteiger partial charge in [0, 0.05) is 16.3 Å². The molecule has 5 heteroatoms. The van der Waals surface area contributed by atoms with Crippen LogP contribution in [-0.4, -0.2) is 18.2 Å². The van der Waals surface area contributed by atoms with E-state index in [2.05, 4.69) is 0 Å². The van der Waals surface area contributed by atoms with Gasteiger partial charge >= 0.3 is 11.6 Å². The first kappa shape index (κ1) is 18.7. The van der Waals surface area contributed by atoms with Gasteiger partial charge in [0.2, 0.25) is 0 Å². The van der Waals surface area contributed by atoms with E-state index in [-0.39, 0.29) is 16.7 Å². The fourth-order valence-electron chi connectivity index (χ4n) is 3.74. The molecule has 0 radical (unpaired) electrons. The van der Waals surface area contributed by atoms with Crippen LogP contribution in [0.3, 0.4) is 0 Å². The van der Waals surface area contributed by atoms with Crippen LogP contribution in [0.5, 0.6) is 5.75 Å².